The first-order chi connectivity index (χ1) is 5.08. The maximum Gasteiger partial charge on any atom is 0.276 e. The Morgan fingerprint density at radius 3 is 2.64 bits per heavy atom. The standard InChI is InChI=1S/C5H12N2O3S/c6-11(8,9)7-5-3-1-2-4-10-5/h5,7H,1-4H2,(H2,6,8,9)/t5-/m0/s1. The van der Waals surface area contributed by atoms with E-state index < -0.39 is 16.4 Å². The van der Waals surface area contributed by atoms with Gasteiger partial charge in [-0.3, -0.25) is 0 Å². The predicted molar refractivity (Wildman–Crippen MR) is 39.8 cm³/mol. The van der Waals surface area contributed by atoms with E-state index in [1.165, 1.54) is 0 Å². The van der Waals surface area contributed by atoms with Crippen molar-refractivity contribution < 1.29 is 13.2 Å². The molecule has 0 aromatic rings. The van der Waals surface area contributed by atoms with Crippen LogP contribution in [0.3, 0.4) is 0 Å². The Labute approximate surface area is 66.1 Å². The van der Waals surface area contributed by atoms with Gasteiger partial charge in [-0.15, -0.1) is 0 Å². The van der Waals surface area contributed by atoms with Gasteiger partial charge in [-0.2, -0.15) is 13.1 Å². The summed E-state index contributed by atoms with van der Waals surface area (Å²) in [5, 5.41) is 4.75. The Bertz CT molecular complexity index is 208. The fourth-order valence-electron chi connectivity index (χ4n) is 1.02. The normalized spacial score (nSPS) is 26.8. The summed E-state index contributed by atoms with van der Waals surface area (Å²) in [5.74, 6) is 0. The molecule has 0 unspecified atom stereocenters. The van der Waals surface area contributed by atoms with Crippen LogP contribution in [0.15, 0.2) is 0 Å². The third-order valence-corrected chi connectivity index (χ3v) is 2.07. The lowest BCUT2D eigenvalue weighted by molar-refractivity contribution is 0.00956. The highest BCUT2D eigenvalue weighted by atomic mass is 32.2. The molecule has 0 amide bonds. The molecule has 66 valence electrons. The van der Waals surface area contributed by atoms with Gasteiger partial charge in [0, 0.05) is 6.61 Å². The van der Waals surface area contributed by atoms with Gasteiger partial charge in [-0.1, -0.05) is 0 Å². The summed E-state index contributed by atoms with van der Waals surface area (Å²) >= 11 is 0. The Hall–Kier alpha value is -0.170. The highest BCUT2D eigenvalue weighted by Crippen LogP contribution is 2.10. The molecule has 0 aromatic carbocycles. The van der Waals surface area contributed by atoms with E-state index in [0.29, 0.717) is 13.0 Å². The SMILES string of the molecule is NS(=O)(=O)N[C@@H]1CCCCO1. The maximum atomic E-state index is 10.5. The fourth-order valence-corrected chi connectivity index (χ4v) is 1.57. The summed E-state index contributed by atoms with van der Waals surface area (Å²) in [6.45, 7) is 0.604. The van der Waals surface area contributed by atoms with Gasteiger partial charge in [0.05, 0.1) is 0 Å². The highest BCUT2D eigenvalue weighted by molar-refractivity contribution is 7.87. The third kappa shape index (κ3) is 3.66. The Kier molecular flexibility index (Phi) is 2.83. The summed E-state index contributed by atoms with van der Waals surface area (Å²) in [6.07, 6.45) is 2.26. The second-order valence-corrected chi connectivity index (χ2v) is 3.84. The van der Waals surface area contributed by atoms with Gasteiger partial charge >= 0.3 is 0 Å². The molecule has 11 heavy (non-hydrogen) atoms. The van der Waals surface area contributed by atoms with Crippen LogP contribution < -0.4 is 9.86 Å². The van der Waals surface area contributed by atoms with Crippen LogP contribution in [0.5, 0.6) is 0 Å². The fraction of sp³-hybridized carbons (Fsp3) is 1.00. The zero-order chi connectivity index (χ0) is 8.32. The summed E-state index contributed by atoms with van der Waals surface area (Å²) < 4.78 is 28.2. The highest BCUT2D eigenvalue weighted by Gasteiger charge is 2.17. The second kappa shape index (κ2) is 3.48. The summed E-state index contributed by atoms with van der Waals surface area (Å²) in [6, 6.07) is 0. The van der Waals surface area contributed by atoms with Crippen molar-refractivity contribution in [3.8, 4) is 0 Å². The quantitative estimate of drug-likeness (QED) is 0.590. The molecule has 1 fully saturated rings. The van der Waals surface area contributed by atoms with Crippen molar-refractivity contribution in [3.05, 3.63) is 0 Å². The van der Waals surface area contributed by atoms with Crippen LogP contribution in [-0.2, 0) is 14.9 Å². The molecule has 1 aliphatic rings. The lowest BCUT2D eigenvalue weighted by Crippen LogP contribution is -2.42. The van der Waals surface area contributed by atoms with Crippen LogP contribution in [-0.4, -0.2) is 21.3 Å². The van der Waals surface area contributed by atoms with E-state index in [4.69, 9.17) is 9.88 Å². The Morgan fingerprint density at radius 2 is 2.18 bits per heavy atom. The molecule has 0 saturated carbocycles. The lowest BCUT2D eigenvalue weighted by Gasteiger charge is -2.21. The Balaban J connectivity index is 2.36. The molecule has 0 spiro atoms. The molecule has 1 atom stereocenters. The molecular formula is C5H12N2O3S. The molecule has 0 bridgehead atoms. The van der Waals surface area contributed by atoms with Crippen LogP contribution in [0.2, 0.25) is 0 Å². The molecule has 0 aromatic heterocycles. The number of ether oxygens (including phenoxy) is 1. The molecule has 1 saturated heterocycles. The monoisotopic (exact) mass is 180 g/mol. The smallest absolute Gasteiger partial charge is 0.276 e. The number of hydrogen-bond acceptors (Lipinski definition) is 3. The van der Waals surface area contributed by atoms with Crippen molar-refractivity contribution in [2.24, 2.45) is 5.14 Å². The van der Waals surface area contributed by atoms with Gasteiger partial charge in [-0.25, -0.2) is 5.14 Å². The number of nitrogens with two attached hydrogens (primary N) is 1. The molecule has 1 rings (SSSR count). The van der Waals surface area contributed by atoms with Crippen LogP contribution in [0.4, 0.5) is 0 Å². The maximum absolute atomic E-state index is 10.5. The predicted octanol–water partition coefficient (Wildman–Crippen LogP) is -0.694. The van der Waals surface area contributed by atoms with Gasteiger partial charge in [0.1, 0.15) is 6.23 Å². The van der Waals surface area contributed by atoms with Gasteiger partial charge in [0.25, 0.3) is 10.2 Å². The summed E-state index contributed by atoms with van der Waals surface area (Å²) in [7, 11) is -3.60. The van der Waals surface area contributed by atoms with E-state index >= 15 is 0 Å². The number of rotatable bonds is 2. The molecule has 0 radical (unpaired) electrons. The molecule has 5 nitrogen and oxygen atoms in total. The van der Waals surface area contributed by atoms with E-state index in [1.54, 1.807) is 0 Å². The topological polar surface area (TPSA) is 81.4 Å². The second-order valence-electron chi connectivity index (χ2n) is 2.52. The lowest BCUT2D eigenvalue weighted by atomic mass is 10.2. The molecule has 0 aliphatic carbocycles. The van der Waals surface area contributed by atoms with Crippen LogP contribution >= 0.6 is 0 Å². The zero-order valence-corrected chi connectivity index (χ0v) is 6.93. The van der Waals surface area contributed by atoms with E-state index in [1.807, 2.05) is 0 Å². The first-order valence-corrected chi connectivity index (χ1v) is 5.04. The molecule has 3 N–H and O–H groups in total. The van der Waals surface area contributed by atoms with Crippen molar-refractivity contribution in [2.45, 2.75) is 25.5 Å². The van der Waals surface area contributed by atoms with Crippen molar-refractivity contribution in [1.82, 2.24) is 4.72 Å². The van der Waals surface area contributed by atoms with Crippen LogP contribution in [0.1, 0.15) is 19.3 Å². The van der Waals surface area contributed by atoms with Gasteiger partial charge < -0.3 is 4.74 Å². The van der Waals surface area contributed by atoms with Gasteiger partial charge in [0.15, 0.2) is 0 Å². The van der Waals surface area contributed by atoms with E-state index in [2.05, 4.69) is 4.72 Å². The molecule has 6 heteroatoms. The number of nitrogens with one attached hydrogen (secondary N) is 1. The van der Waals surface area contributed by atoms with E-state index in [-0.39, 0.29) is 0 Å². The Morgan fingerprint density at radius 1 is 1.45 bits per heavy atom. The van der Waals surface area contributed by atoms with Crippen LogP contribution in [0.25, 0.3) is 0 Å². The van der Waals surface area contributed by atoms with Gasteiger partial charge in [0.2, 0.25) is 0 Å². The summed E-state index contributed by atoms with van der Waals surface area (Å²) in [5.41, 5.74) is 0. The zero-order valence-electron chi connectivity index (χ0n) is 6.12. The van der Waals surface area contributed by atoms with Gasteiger partial charge in [-0.05, 0) is 19.3 Å². The molecule has 1 heterocycles. The van der Waals surface area contributed by atoms with E-state index in [0.717, 1.165) is 12.8 Å². The minimum atomic E-state index is -3.60. The molecule has 1 aliphatic heterocycles. The third-order valence-electron chi connectivity index (χ3n) is 1.48. The average Bonchev–Trinajstić information content (AvgIpc) is 1.85. The number of hydrogen-bond donors (Lipinski definition) is 2. The minimum Gasteiger partial charge on any atom is -0.362 e. The largest absolute Gasteiger partial charge is 0.362 e. The molecular weight excluding hydrogens is 168 g/mol. The van der Waals surface area contributed by atoms with Crippen molar-refractivity contribution in [2.75, 3.05) is 6.61 Å². The first-order valence-electron chi connectivity index (χ1n) is 3.49. The van der Waals surface area contributed by atoms with Crippen LogP contribution in [0, 0.1) is 0 Å². The minimum absolute atomic E-state index is 0.418. The summed E-state index contributed by atoms with van der Waals surface area (Å²) in [4.78, 5) is 0. The first kappa shape index (κ1) is 8.92. The van der Waals surface area contributed by atoms with Crippen molar-refractivity contribution in [3.63, 3.8) is 0 Å². The average molecular weight is 180 g/mol. The van der Waals surface area contributed by atoms with Crippen molar-refractivity contribution in [1.29, 1.82) is 0 Å². The van der Waals surface area contributed by atoms with E-state index in [9.17, 15) is 8.42 Å². The van der Waals surface area contributed by atoms with Crippen molar-refractivity contribution >= 4 is 10.2 Å².